The number of nitrogens with zero attached hydrogens (tertiary/aromatic N) is 1. The lowest BCUT2D eigenvalue weighted by molar-refractivity contribution is -0.0692. The third-order valence-electron chi connectivity index (χ3n) is 4.11. The van der Waals surface area contributed by atoms with Gasteiger partial charge in [-0.2, -0.15) is 0 Å². The number of benzene rings is 2. The molecule has 3 rings (SSSR count). The van der Waals surface area contributed by atoms with E-state index in [1.165, 1.54) is 12.1 Å². The SMILES string of the molecule is COc1cccc(C(=O)N2CC(C)OC(c3ccc(F)cc3)C2)c1. The Bertz CT molecular complexity index is 717. The van der Waals surface area contributed by atoms with Gasteiger partial charge in [0.25, 0.3) is 5.91 Å². The summed E-state index contributed by atoms with van der Waals surface area (Å²) >= 11 is 0. The van der Waals surface area contributed by atoms with Crippen LogP contribution in [0.25, 0.3) is 0 Å². The predicted molar refractivity (Wildman–Crippen MR) is 88.6 cm³/mol. The first-order chi connectivity index (χ1) is 11.6. The van der Waals surface area contributed by atoms with Crippen molar-refractivity contribution < 1.29 is 18.7 Å². The molecular formula is C19H20FNO3. The Morgan fingerprint density at radius 1 is 1.21 bits per heavy atom. The summed E-state index contributed by atoms with van der Waals surface area (Å²) in [5.41, 5.74) is 1.45. The molecule has 2 aromatic rings. The van der Waals surface area contributed by atoms with Crippen LogP contribution in [0.1, 0.15) is 28.9 Å². The first kappa shape index (κ1) is 16.5. The molecule has 126 valence electrons. The standard InChI is InChI=1S/C19H20FNO3/c1-13-11-21(19(22)15-4-3-5-17(10-15)23-2)12-18(24-13)14-6-8-16(20)9-7-14/h3-10,13,18H,11-12H2,1-2H3. The normalized spacial score (nSPS) is 20.7. The van der Waals surface area contributed by atoms with Crippen LogP contribution in [0.5, 0.6) is 5.75 Å². The first-order valence-corrected chi connectivity index (χ1v) is 7.91. The van der Waals surface area contributed by atoms with Crippen LogP contribution in [0, 0.1) is 5.82 Å². The largest absolute Gasteiger partial charge is 0.497 e. The molecule has 1 amide bonds. The molecule has 24 heavy (non-hydrogen) atoms. The monoisotopic (exact) mass is 329 g/mol. The zero-order valence-corrected chi connectivity index (χ0v) is 13.7. The summed E-state index contributed by atoms with van der Waals surface area (Å²) < 4.78 is 24.2. The van der Waals surface area contributed by atoms with E-state index in [0.29, 0.717) is 24.4 Å². The number of carbonyl (C=O) groups excluding carboxylic acids is 1. The summed E-state index contributed by atoms with van der Waals surface area (Å²) in [6.45, 7) is 2.89. The number of amides is 1. The summed E-state index contributed by atoms with van der Waals surface area (Å²) in [5.74, 6) is 0.306. The Kier molecular flexibility index (Phi) is 4.81. The highest BCUT2D eigenvalue weighted by Gasteiger charge is 2.30. The quantitative estimate of drug-likeness (QED) is 0.866. The third-order valence-corrected chi connectivity index (χ3v) is 4.11. The van der Waals surface area contributed by atoms with Gasteiger partial charge in [0.1, 0.15) is 17.7 Å². The molecule has 0 saturated carbocycles. The van der Waals surface area contributed by atoms with Gasteiger partial charge in [-0.05, 0) is 42.8 Å². The second-order valence-electron chi connectivity index (χ2n) is 5.93. The number of hydrogen-bond acceptors (Lipinski definition) is 3. The van der Waals surface area contributed by atoms with Crippen LogP contribution in [0.4, 0.5) is 4.39 Å². The molecule has 2 aromatic carbocycles. The van der Waals surface area contributed by atoms with E-state index in [2.05, 4.69) is 0 Å². The van der Waals surface area contributed by atoms with Gasteiger partial charge in [-0.3, -0.25) is 4.79 Å². The lowest BCUT2D eigenvalue weighted by atomic mass is 10.1. The molecule has 2 unspecified atom stereocenters. The van der Waals surface area contributed by atoms with E-state index in [4.69, 9.17) is 9.47 Å². The van der Waals surface area contributed by atoms with Crippen LogP contribution >= 0.6 is 0 Å². The van der Waals surface area contributed by atoms with Crippen molar-refractivity contribution in [3.8, 4) is 5.75 Å². The maximum absolute atomic E-state index is 13.1. The third kappa shape index (κ3) is 3.57. The van der Waals surface area contributed by atoms with Crippen molar-refractivity contribution in [3.63, 3.8) is 0 Å². The van der Waals surface area contributed by atoms with E-state index in [1.54, 1.807) is 48.4 Å². The second kappa shape index (κ2) is 7.01. The van der Waals surface area contributed by atoms with Crippen LogP contribution in [0.3, 0.4) is 0 Å². The average molecular weight is 329 g/mol. The van der Waals surface area contributed by atoms with Gasteiger partial charge in [-0.1, -0.05) is 18.2 Å². The Morgan fingerprint density at radius 3 is 2.67 bits per heavy atom. The summed E-state index contributed by atoms with van der Waals surface area (Å²) in [4.78, 5) is 14.6. The van der Waals surface area contributed by atoms with Crippen LogP contribution < -0.4 is 4.74 Å². The van der Waals surface area contributed by atoms with Gasteiger partial charge in [0.15, 0.2) is 0 Å². The minimum absolute atomic E-state index is 0.0591. The van der Waals surface area contributed by atoms with E-state index in [9.17, 15) is 9.18 Å². The summed E-state index contributed by atoms with van der Waals surface area (Å²) in [6, 6.07) is 13.3. The van der Waals surface area contributed by atoms with Gasteiger partial charge in [-0.25, -0.2) is 4.39 Å². The van der Waals surface area contributed by atoms with E-state index in [0.717, 1.165) is 5.56 Å². The molecular weight excluding hydrogens is 309 g/mol. The van der Waals surface area contributed by atoms with Crippen molar-refractivity contribution in [3.05, 3.63) is 65.5 Å². The molecule has 0 bridgehead atoms. The fourth-order valence-electron chi connectivity index (χ4n) is 2.92. The van der Waals surface area contributed by atoms with Crippen LogP contribution in [-0.4, -0.2) is 37.1 Å². The summed E-state index contributed by atoms with van der Waals surface area (Å²) in [5, 5.41) is 0. The Hall–Kier alpha value is -2.40. The smallest absolute Gasteiger partial charge is 0.254 e. The van der Waals surface area contributed by atoms with Crippen molar-refractivity contribution in [2.75, 3.05) is 20.2 Å². The molecule has 0 aromatic heterocycles. The number of morpholine rings is 1. The number of ether oxygens (including phenoxy) is 2. The molecule has 1 aliphatic rings. The van der Waals surface area contributed by atoms with Crippen molar-refractivity contribution >= 4 is 5.91 Å². The number of methoxy groups -OCH3 is 1. The zero-order valence-electron chi connectivity index (χ0n) is 13.7. The second-order valence-corrected chi connectivity index (χ2v) is 5.93. The summed E-state index contributed by atoms with van der Waals surface area (Å²) in [6.07, 6.45) is -0.354. The summed E-state index contributed by atoms with van der Waals surface area (Å²) in [7, 11) is 1.57. The molecule has 2 atom stereocenters. The minimum atomic E-state index is -0.285. The fourth-order valence-corrected chi connectivity index (χ4v) is 2.92. The van der Waals surface area contributed by atoms with Crippen molar-refractivity contribution in [2.45, 2.75) is 19.1 Å². The highest BCUT2D eigenvalue weighted by molar-refractivity contribution is 5.94. The molecule has 0 radical (unpaired) electrons. The number of hydrogen-bond donors (Lipinski definition) is 0. The van der Waals surface area contributed by atoms with Crippen molar-refractivity contribution in [1.82, 2.24) is 4.90 Å². The zero-order chi connectivity index (χ0) is 17.1. The van der Waals surface area contributed by atoms with Gasteiger partial charge in [-0.15, -0.1) is 0 Å². The van der Waals surface area contributed by atoms with Gasteiger partial charge in [0.05, 0.1) is 19.8 Å². The minimum Gasteiger partial charge on any atom is -0.497 e. The Morgan fingerprint density at radius 2 is 1.96 bits per heavy atom. The van der Waals surface area contributed by atoms with Crippen molar-refractivity contribution in [2.24, 2.45) is 0 Å². The van der Waals surface area contributed by atoms with Crippen molar-refractivity contribution in [1.29, 1.82) is 0 Å². The highest BCUT2D eigenvalue weighted by atomic mass is 19.1. The molecule has 0 aliphatic carbocycles. The predicted octanol–water partition coefficient (Wildman–Crippen LogP) is 3.44. The topological polar surface area (TPSA) is 38.8 Å². The Balaban J connectivity index is 1.79. The van der Waals surface area contributed by atoms with Gasteiger partial charge in [0, 0.05) is 12.1 Å². The van der Waals surface area contributed by atoms with Gasteiger partial charge >= 0.3 is 0 Å². The molecule has 5 heteroatoms. The molecule has 0 N–H and O–H groups in total. The van der Waals surface area contributed by atoms with E-state index in [-0.39, 0.29) is 23.9 Å². The molecule has 1 saturated heterocycles. The van der Waals surface area contributed by atoms with Gasteiger partial charge in [0.2, 0.25) is 0 Å². The van der Waals surface area contributed by atoms with E-state index >= 15 is 0 Å². The van der Waals surface area contributed by atoms with Gasteiger partial charge < -0.3 is 14.4 Å². The molecule has 1 fully saturated rings. The lowest BCUT2D eigenvalue weighted by Gasteiger charge is -2.37. The lowest BCUT2D eigenvalue weighted by Crippen LogP contribution is -2.45. The molecule has 4 nitrogen and oxygen atoms in total. The maximum atomic E-state index is 13.1. The first-order valence-electron chi connectivity index (χ1n) is 7.91. The molecule has 1 aliphatic heterocycles. The fraction of sp³-hybridized carbons (Fsp3) is 0.316. The van der Waals surface area contributed by atoms with Crippen LogP contribution in [0.2, 0.25) is 0 Å². The van der Waals surface area contributed by atoms with Crippen LogP contribution in [0.15, 0.2) is 48.5 Å². The number of carbonyl (C=O) groups is 1. The maximum Gasteiger partial charge on any atom is 0.254 e. The van der Waals surface area contributed by atoms with Crippen LogP contribution in [-0.2, 0) is 4.74 Å². The molecule has 0 spiro atoms. The highest BCUT2D eigenvalue weighted by Crippen LogP contribution is 2.27. The Labute approximate surface area is 140 Å². The number of halogens is 1. The van der Waals surface area contributed by atoms with E-state index in [1.807, 2.05) is 6.92 Å². The van der Waals surface area contributed by atoms with E-state index < -0.39 is 0 Å². The molecule has 1 heterocycles. The average Bonchev–Trinajstić information content (AvgIpc) is 2.61. The number of rotatable bonds is 3.